The molecular formula is C14H16N4O. The van der Waals surface area contributed by atoms with Crippen LogP contribution in [-0.2, 0) is 18.3 Å². The van der Waals surface area contributed by atoms with Crippen molar-refractivity contribution in [2.24, 2.45) is 12.8 Å². The molecule has 1 aromatic carbocycles. The molecule has 1 aliphatic heterocycles. The zero-order chi connectivity index (χ0) is 13.4. The minimum atomic E-state index is -0.653. The Balaban J connectivity index is 1.86. The molecule has 1 amide bonds. The average molecular weight is 256 g/mol. The first kappa shape index (κ1) is 11.9. The highest BCUT2D eigenvalue weighted by atomic mass is 16.2. The van der Waals surface area contributed by atoms with Crippen LogP contribution in [0.1, 0.15) is 17.2 Å². The van der Waals surface area contributed by atoms with Gasteiger partial charge in [0.05, 0.1) is 6.20 Å². The molecule has 0 spiro atoms. The number of carbonyl (C=O) groups is 1. The lowest BCUT2D eigenvalue weighted by atomic mass is 10.1. The van der Waals surface area contributed by atoms with E-state index in [9.17, 15) is 4.79 Å². The number of fused-ring (bicyclic) bond motifs is 1. The van der Waals surface area contributed by atoms with Gasteiger partial charge in [0.15, 0.2) is 0 Å². The fourth-order valence-corrected chi connectivity index (χ4v) is 2.48. The molecule has 5 nitrogen and oxygen atoms in total. The Morgan fingerprint density at radius 1 is 1.42 bits per heavy atom. The van der Waals surface area contributed by atoms with Crippen molar-refractivity contribution in [3.63, 3.8) is 0 Å². The summed E-state index contributed by atoms with van der Waals surface area (Å²) in [5.41, 5.74) is 8.97. The van der Waals surface area contributed by atoms with Crippen molar-refractivity contribution >= 4 is 11.6 Å². The number of rotatable bonds is 2. The third-order valence-corrected chi connectivity index (χ3v) is 3.50. The van der Waals surface area contributed by atoms with Crippen molar-refractivity contribution in [1.29, 1.82) is 0 Å². The topological polar surface area (TPSA) is 64.2 Å². The number of hydrogen-bond donors (Lipinski definition) is 1. The summed E-state index contributed by atoms with van der Waals surface area (Å²) in [6.07, 6.45) is 4.32. The second-order valence-corrected chi connectivity index (χ2v) is 4.79. The standard InChI is InChI=1S/C14H16N4O/c1-17-9-11(8-16-17)13(15)14(19)18-7-6-10-4-2-3-5-12(10)18/h2-5,8-9,13H,6-7,15H2,1H3. The van der Waals surface area contributed by atoms with Gasteiger partial charge in [-0.15, -0.1) is 0 Å². The Hall–Kier alpha value is -2.14. The SMILES string of the molecule is Cn1cc(C(N)C(=O)N2CCc3ccccc32)cn1. The molecule has 5 heteroatoms. The van der Waals surface area contributed by atoms with Gasteiger partial charge >= 0.3 is 0 Å². The summed E-state index contributed by atoms with van der Waals surface area (Å²) in [4.78, 5) is 14.3. The molecule has 98 valence electrons. The molecule has 3 rings (SSSR count). The number of benzene rings is 1. The number of carbonyl (C=O) groups excluding carboxylic acids is 1. The van der Waals surface area contributed by atoms with Crippen molar-refractivity contribution in [3.8, 4) is 0 Å². The van der Waals surface area contributed by atoms with E-state index in [0.717, 1.165) is 17.7 Å². The van der Waals surface area contributed by atoms with Crippen molar-refractivity contribution in [2.45, 2.75) is 12.5 Å². The molecule has 0 fully saturated rings. The summed E-state index contributed by atoms with van der Waals surface area (Å²) in [5.74, 6) is -0.0713. The largest absolute Gasteiger partial charge is 0.316 e. The van der Waals surface area contributed by atoms with E-state index in [4.69, 9.17) is 5.73 Å². The van der Waals surface area contributed by atoms with E-state index in [1.165, 1.54) is 5.56 Å². The van der Waals surface area contributed by atoms with Crippen molar-refractivity contribution in [1.82, 2.24) is 9.78 Å². The first-order valence-electron chi connectivity index (χ1n) is 6.30. The molecule has 0 saturated carbocycles. The summed E-state index contributed by atoms with van der Waals surface area (Å²) < 4.78 is 1.65. The lowest BCUT2D eigenvalue weighted by Gasteiger charge is -2.20. The summed E-state index contributed by atoms with van der Waals surface area (Å²) in [5, 5.41) is 4.06. The number of nitrogens with two attached hydrogens (primary N) is 1. The predicted molar refractivity (Wildman–Crippen MR) is 72.6 cm³/mol. The average Bonchev–Trinajstić information content (AvgIpc) is 3.03. The summed E-state index contributed by atoms with van der Waals surface area (Å²) in [6.45, 7) is 0.701. The van der Waals surface area contributed by atoms with Crippen LogP contribution in [0.5, 0.6) is 0 Å². The number of nitrogens with zero attached hydrogens (tertiary/aromatic N) is 3. The van der Waals surface area contributed by atoms with Crippen LogP contribution in [0.3, 0.4) is 0 Å². The van der Waals surface area contributed by atoms with Crippen LogP contribution >= 0.6 is 0 Å². The minimum Gasteiger partial charge on any atom is -0.316 e. The van der Waals surface area contributed by atoms with E-state index in [2.05, 4.69) is 11.2 Å². The molecule has 0 bridgehead atoms. The molecule has 2 N–H and O–H groups in total. The Morgan fingerprint density at radius 2 is 2.21 bits per heavy atom. The van der Waals surface area contributed by atoms with Gasteiger partial charge in [-0.1, -0.05) is 18.2 Å². The number of para-hydroxylation sites is 1. The van der Waals surface area contributed by atoms with Gasteiger partial charge < -0.3 is 10.6 Å². The fraction of sp³-hybridized carbons (Fsp3) is 0.286. The third kappa shape index (κ3) is 2.02. The highest BCUT2D eigenvalue weighted by Gasteiger charge is 2.29. The van der Waals surface area contributed by atoms with Gasteiger partial charge in [0.2, 0.25) is 5.91 Å². The Labute approximate surface area is 111 Å². The van der Waals surface area contributed by atoms with Crippen LogP contribution in [0, 0.1) is 0 Å². The third-order valence-electron chi connectivity index (χ3n) is 3.50. The van der Waals surface area contributed by atoms with Gasteiger partial charge in [-0.25, -0.2) is 0 Å². The van der Waals surface area contributed by atoms with Crippen molar-refractivity contribution in [2.75, 3.05) is 11.4 Å². The summed E-state index contributed by atoms with van der Waals surface area (Å²) in [7, 11) is 1.81. The second kappa shape index (κ2) is 4.51. The van der Waals surface area contributed by atoms with E-state index < -0.39 is 6.04 Å². The zero-order valence-electron chi connectivity index (χ0n) is 10.8. The molecular weight excluding hydrogens is 240 g/mol. The maximum absolute atomic E-state index is 12.5. The van der Waals surface area contributed by atoms with Gasteiger partial charge in [-0.2, -0.15) is 5.10 Å². The van der Waals surface area contributed by atoms with Crippen LogP contribution in [0.2, 0.25) is 0 Å². The van der Waals surface area contributed by atoms with E-state index in [0.29, 0.717) is 6.54 Å². The fourth-order valence-electron chi connectivity index (χ4n) is 2.48. The van der Waals surface area contributed by atoms with Gasteiger partial charge in [0, 0.05) is 31.0 Å². The van der Waals surface area contributed by atoms with Crippen LogP contribution in [0.4, 0.5) is 5.69 Å². The maximum atomic E-state index is 12.5. The molecule has 19 heavy (non-hydrogen) atoms. The molecule has 0 saturated heterocycles. The maximum Gasteiger partial charge on any atom is 0.248 e. The molecule has 0 radical (unpaired) electrons. The summed E-state index contributed by atoms with van der Waals surface area (Å²) >= 11 is 0. The van der Waals surface area contributed by atoms with Gasteiger partial charge in [-0.3, -0.25) is 9.48 Å². The van der Waals surface area contributed by atoms with Gasteiger partial charge in [0.1, 0.15) is 6.04 Å². The number of amides is 1. The second-order valence-electron chi connectivity index (χ2n) is 4.79. The quantitative estimate of drug-likeness (QED) is 0.872. The highest BCUT2D eigenvalue weighted by Crippen LogP contribution is 2.29. The van der Waals surface area contributed by atoms with Crippen LogP contribution in [-0.4, -0.2) is 22.2 Å². The summed E-state index contributed by atoms with van der Waals surface area (Å²) in [6, 6.07) is 7.31. The Morgan fingerprint density at radius 3 is 2.95 bits per heavy atom. The first-order chi connectivity index (χ1) is 9.16. The molecule has 1 aliphatic rings. The van der Waals surface area contributed by atoms with Gasteiger partial charge in [0.25, 0.3) is 0 Å². The van der Waals surface area contributed by atoms with Crippen LogP contribution < -0.4 is 10.6 Å². The minimum absolute atomic E-state index is 0.0713. The first-order valence-corrected chi connectivity index (χ1v) is 6.30. The normalized spacial score (nSPS) is 15.4. The molecule has 1 unspecified atom stereocenters. The van der Waals surface area contributed by atoms with Crippen molar-refractivity contribution < 1.29 is 4.79 Å². The molecule has 0 aliphatic carbocycles. The molecule has 1 atom stereocenters. The van der Waals surface area contributed by atoms with E-state index in [1.807, 2.05) is 25.2 Å². The number of hydrogen-bond acceptors (Lipinski definition) is 3. The van der Waals surface area contributed by atoms with Crippen molar-refractivity contribution in [3.05, 3.63) is 47.8 Å². The van der Waals surface area contributed by atoms with Crippen LogP contribution in [0.15, 0.2) is 36.7 Å². The lowest BCUT2D eigenvalue weighted by Crippen LogP contribution is -2.37. The highest BCUT2D eigenvalue weighted by molar-refractivity contribution is 5.99. The number of aryl methyl sites for hydroxylation is 1. The van der Waals surface area contributed by atoms with Gasteiger partial charge in [-0.05, 0) is 18.1 Å². The molecule has 2 aromatic rings. The smallest absolute Gasteiger partial charge is 0.248 e. The lowest BCUT2D eigenvalue weighted by molar-refractivity contribution is -0.119. The monoisotopic (exact) mass is 256 g/mol. The van der Waals surface area contributed by atoms with E-state index in [1.54, 1.807) is 22.0 Å². The van der Waals surface area contributed by atoms with E-state index >= 15 is 0 Å². The predicted octanol–water partition coefficient (Wildman–Crippen LogP) is 1.01. The van der Waals surface area contributed by atoms with Crippen LogP contribution in [0.25, 0.3) is 0 Å². The molecule has 1 aromatic heterocycles. The zero-order valence-corrected chi connectivity index (χ0v) is 10.8. The number of anilines is 1. The van der Waals surface area contributed by atoms with E-state index in [-0.39, 0.29) is 5.91 Å². The number of aromatic nitrogens is 2. The molecule has 2 heterocycles. The Bertz CT molecular complexity index is 619. The Kier molecular flexibility index (Phi) is 2.83.